The van der Waals surface area contributed by atoms with Gasteiger partial charge in [0, 0.05) is 19.3 Å². The summed E-state index contributed by atoms with van der Waals surface area (Å²) in [7, 11) is 0. The SMILES string of the molecule is CC(=O)Oc1cc(C)cc(/C=C/c2ccc(OC(=O)c3cccnc3)cc2)c1. The van der Waals surface area contributed by atoms with E-state index in [0.717, 1.165) is 16.7 Å². The van der Waals surface area contributed by atoms with Gasteiger partial charge in [-0.25, -0.2) is 4.79 Å². The Labute approximate surface area is 163 Å². The molecule has 0 amide bonds. The Balaban J connectivity index is 1.68. The third-order valence-corrected chi connectivity index (χ3v) is 3.79. The number of hydrogen-bond acceptors (Lipinski definition) is 5. The van der Waals surface area contributed by atoms with Gasteiger partial charge in [0.15, 0.2) is 0 Å². The second-order valence-electron chi connectivity index (χ2n) is 6.21. The molecule has 0 aliphatic carbocycles. The first kappa shape index (κ1) is 19.0. The van der Waals surface area contributed by atoms with Crippen molar-refractivity contribution in [2.75, 3.05) is 0 Å². The van der Waals surface area contributed by atoms with Crippen molar-refractivity contribution < 1.29 is 19.1 Å². The highest BCUT2D eigenvalue weighted by Crippen LogP contribution is 2.20. The molecule has 0 saturated heterocycles. The van der Waals surface area contributed by atoms with E-state index in [0.29, 0.717) is 17.1 Å². The Kier molecular flexibility index (Phi) is 5.97. The average Bonchev–Trinajstić information content (AvgIpc) is 2.67. The van der Waals surface area contributed by atoms with Crippen LogP contribution < -0.4 is 9.47 Å². The van der Waals surface area contributed by atoms with Crippen LogP contribution in [-0.2, 0) is 4.79 Å². The molecule has 0 saturated carbocycles. The normalized spacial score (nSPS) is 10.6. The Hall–Kier alpha value is -3.73. The number of rotatable bonds is 5. The van der Waals surface area contributed by atoms with Crippen molar-refractivity contribution in [1.82, 2.24) is 4.98 Å². The molecular weight excluding hydrogens is 354 g/mol. The Morgan fingerprint density at radius 2 is 1.64 bits per heavy atom. The maximum Gasteiger partial charge on any atom is 0.345 e. The van der Waals surface area contributed by atoms with Crippen molar-refractivity contribution >= 4 is 24.1 Å². The molecular formula is C23H19NO4. The van der Waals surface area contributed by atoms with Crippen LogP contribution in [0.5, 0.6) is 11.5 Å². The summed E-state index contributed by atoms with van der Waals surface area (Å²) in [6.45, 7) is 3.32. The molecule has 3 rings (SSSR count). The van der Waals surface area contributed by atoms with Gasteiger partial charge in [0.2, 0.25) is 0 Å². The van der Waals surface area contributed by atoms with Crippen LogP contribution in [0.15, 0.2) is 67.0 Å². The zero-order valence-corrected chi connectivity index (χ0v) is 15.6. The fourth-order valence-electron chi connectivity index (χ4n) is 2.59. The fourth-order valence-corrected chi connectivity index (χ4v) is 2.59. The largest absolute Gasteiger partial charge is 0.427 e. The molecule has 0 aliphatic heterocycles. The number of aromatic nitrogens is 1. The highest BCUT2D eigenvalue weighted by Gasteiger charge is 2.08. The quantitative estimate of drug-likeness (QED) is 0.368. The van der Waals surface area contributed by atoms with Crippen LogP contribution in [0.4, 0.5) is 0 Å². The molecule has 28 heavy (non-hydrogen) atoms. The predicted octanol–water partition coefficient (Wildman–Crippen LogP) is 4.70. The Morgan fingerprint density at radius 1 is 0.893 bits per heavy atom. The summed E-state index contributed by atoms with van der Waals surface area (Å²) in [5, 5.41) is 0. The summed E-state index contributed by atoms with van der Waals surface area (Å²) < 4.78 is 10.5. The molecule has 0 atom stereocenters. The van der Waals surface area contributed by atoms with E-state index in [4.69, 9.17) is 9.47 Å². The lowest BCUT2D eigenvalue weighted by atomic mass is 10.1. The van der Waals surface area contributed by atoms with E-state index >= 15 is 0 Å². The molecule has 1 heterocycles. The number of hydrogen-bond donors (Lipinski definition) is 0. The molecule has 2 aromatic carbocycles. The summed E-state index contributed by atoms with van der Waals surface area (Å²) in [4.78, 5) is 27.1. The van der Waals surface area contributed by atoms with Gasteiger partial charge in [-0.05, 0) is 60.0 Å². The van der Waals surface area contributed by atoms with Gasteiger partial charge in [-0.3, -0.25) is 9.78 Å². The summed E-state index contributed by atoms with van der Waals surface area (Å²) in [6, 6.07) is 16.1. The minimum Gasteiger partial charge on any atom is -0.427 e. The number of benzene rings is 2. The van der Waals surface area contributed by atoms with Crippen LogP contribution in [0.25, 0.3) is 12.2 Å². The highest BCUT2D eigenvalue weighted by molar-refractivity contribution is 5.90. The Bertz CT molecular complexity index is 1010. The van der Waals surface area contributed by atoms with Gasteiger partial charge in [-0.15, -0.1) is 0 Å². The lowest BCUT2D eigenvalue weighted by Gasteiger charge is -2.05. The van der Waals surface area contributed by atoms with E-state index in [2.05, 4.69) is 4.98 Å². The molecule has 0 spiro atoms. The van der Waals surface area contributed by atoms with Crippen molar-refractivity contribution in [3.8, 4) is 11.5 Å². The van der Waals surface area contributed by atoms with Crippen molar-refractivity contribution in [3.63, 3.8) is 0 Å². The van der Waals surface area contributed by atoms with Gasteiger partial charge >= 0.3 is 11.9 Å². The lowest BCUT2D eigenvalue weighted by molar-refractivity contribution is -0.131. The molecule has 140 valence electrons. The summed E-state index contributed by atoms with van der Waals surface area (Å²) in [5.74, 6) is 0.176. The summed E-state index contributed by atoms with van der Waals surface area (Å²) >= 11 is 0. The van der Waals surface area contributed by atoms with Gasteiger partial charge in [0.1, 0.15) is 11.5 Å². The lowest BCUT2D eigenvalue weighted by Crippen LogP contribution is -2.08. The standard InChI is InChI=1S/C23H19NO4/c1-16-12-19(14-22(13-16)27-17(2)25)6-5-18-7-9-21(10-8-18)28-23(26)20-4-3-11-24-15-20/h3-15H,1-2H3/b6-5+. The average molecular weight is 373 g/mol. The van der Waals surface area contributed by atoms with E-state index in [1.54, 1.807) is 36.5 Å². The first-order valence-electron chi connectivity index (χ1n) is 8.70. The van der Waals surface area contributed by atoms with Crippen LogP contribution in [0.2, 0.25) is 0 Å². The number of nitrogens with zero attached hydrogens (tertiary/aromatic N) is 1. The van der Waals surface area contributed by atoms with Crippen LogP contribution in [-0.4, -0.2) is 16.9 Å². The van der Waals surface area contributed by atoms with Crippen molar-refractivity contribution in [3.05, 3.63) is 89.2 Å². The van der Waals surface area contributed by atoms with Crippen molar-refractivity contribution in [2.45, 2.75) is 13.8 Å². The second-order valence-corrected chi connectivity index (χ2v) is 6.21. The van der Waals surface area contributed by atoms with E-state index in [1.165, 1.54) is 13.1 Å². The number of carbonyl (C=O) groups excluding carboxylic acids is 2. The molecule has 5 nitrogen and oxygen atoms in total. The molecule has 3 aromatic rings. The third-order valence-electron chi connectivity index (χ3n) is 3.79. The monoisotopic (exact) mass is 373 g/mol. The maximum absolute atomic E-state index is 12.0. The fraction of sp³-hybridized carbons (Fsp3) is 0.0870. The van der Waals surface area contributed by atoms with Crippen LogP contribution in [0.1, 0.15) is 34.0 Å². The molecule has 0 bridgehead atoms. The van der Waals surface area contributed by atoms with Crippen LogP contribution >= 0.6 is 0 Å². The summed E-state index contributed by atoms with van der Waals surface area (Å²) in [6.07, 6.45) is 6.92. The molecule has 0 N–H and O–H groups in total. The molecule has 0 fully saturated rings. The van der Waals surface area contributed by atoms with Gasteiger partial charge in [-0.1, -0.05) is 30.4 Å². The number of ether oxygens (including phenoxy) is 2. The maximum atomic E-state index is 12.0. The number of carbonyl (C=O) groups is 2. The second kappa shape index (κ2) is 8.77. The molecule has 5 heteroatoms. The minimum atomic E-state index is -0.450. The number of aryl methyl sites for hydroxylation is 1. The molecule has 0 unspecified atom stereocenters. The molecule has 0 radical (unpaired) electrons. The number of pyridine rings is 1. The summed E-state index contributed by atoms with van der Waals surface area (Å²) in [5.41, 5.74) is 3.26. The van der Waals surface area contributed by atoms with Crippen molar-refractivity contribution in [1.29, 1.82) is 0 Å². The van der Waals surface area contributed by atoms with E-state index < -0.39 is 5.97 Å². The smallest absolute Gasteiger partial charge is 0.345 e. The Morgan fingerprint density at radius 3 is 2.32 bits per heavy atom. The molecule has 1 aromatic heterocycles. The van der Waals surface area contributed by atoms with E-state index in [1.807, 2.05) is 43.3 Å². The van der Waals surface area contributed by atoms with E-state index in [9.17, 15) is 9.59 Å². The van der Waals surface area contributed by atoms with Gasteiger partial charge in [0.05, 0.1) is 5.56 Å². The van der Waals surface area contributed by atoms with Gasteiger partial charge in [-0.2, -0.15) is 0 Å². The van der Waals surface area contributed by atoms with E-state index in [-0.39, 0.29) is 5.97 Å². The first-order chi connectivity index (χ1) is 13.5. The van der Waals surface area contributed by atoms with Crippen LogP contribution in [0.3, 0.4) is 0 Å². The highest BCUT2D eigenvalue weighted by atomic mass is 16.5. The van der Waals surface area contributed by atoms with Crippen LogP contribution in [0, 0.1) is 6.92 Å². The number of esters is 2. The van der Waals surface area contributed by atoms with Gasteiger partial charge in [0.25, 0.3) is 0 Å². The topological polar surface area (TPSA) is 65.5 Å². The zero-order valence-electron chi connectivity index (χ0n) is 15.6. The molecule has 0 aliphatic rings. The van der Waals surface area contributed by atoms with Gasteiger partial charge < -0.3 is 9.47 Å². The third kappa shape index (κ3) is 5.38. The van der Waals surface area contributed by atoms with Crippen molar-refractivity contribution in [2.24, 2.45) is 0 Å². The first-order valence-corrected chi connectivity index (χ1v) is 8.70. The minimum absolute atomic E-state index is 0.350. The zero-order chi connectivity index (χ0) is 19.9. The predicted molar refractivity (Wildman–Crippen MR) is 107 cm³/mol.